The van der Waals surface area contributed by atoms with E-state index < -0.39 is 4.92 Å². The second kappa shape index (κ2) is 8.59. The summed E-state index contributed by atoms with van der Waals surface area (Å²) in [6, 6.07) is 4.80. The Hall–Kier alpha value is -1.54. The zero-order valence-electron chi connectivity index (χ0n) is 9.37. The van der Waals surface area contributed by atoms with Crippen LogP contribution in [0.4, 0.5) is 5.69 Å². The van der Waals surface area contributed by atoms with Crippen molar-refractivity contribution in [2.45, 2.75) is 12.8 Å². The van der Waals surface area contributed by atoms with Crippen LogP contribution in [-0.4, -0.2) is 28.4 Å². The molecule has 0 aromatic heterocycles. The van der Waals surface area contributed by atoms with Gasteiger partial charge in [0.1, 0.15) is 0 Å². The summed E-state index contributed by atoms with van der Waals surface area (Å²) >= 11 is 0. The maximum absolute atomic E-state index is 10.7. The van der Waals surface area contributed by atoms with Gasteiger partial charge in [0.25, 0.3) is 5.69 Å². The Morgan fingerprint density at radius 1 is 1.18 bits per heavy atom. The predicted molar refractivity (Wildman–Crippen MR) is 63.1 cm³/mol. The van der Waals surface area contributed by atoms with Crippen molar-refractivity contribution in [3.63, 3.8) is 0 Å². The van der Waals surface area contributed by atoms with Crippen LogP contribution in [0.2, 0.25) is 0 Å². The lowest BCUT2D eigenvalue weighted by Gasteiger charge is -2.03. The zero-order chi connectivity index (χ0) is 13.3. The molecular weight excluding hydrogens is 226 g/mol. The first-order chi connectivity index (χ1) is 8.19. The van der Waals surface area contributed by atoms with Gasteiger partial charge >= 0.3 is 0 Å². The van der Waals surface area contributed by atoms with Crippen molar-refractivity contribution >= 4 is 5.69 Å². The van der Waals surface area contributed by atoms with E-state index >= 15 is 0 Å². The third-order valence-electron chi connectivity index (χ3n) is 2.13. The molecule has 0 saturated heterocycles. The molecule has 0 aliphatic carbocycles. The molecule has 0 unspecified atom stereocenters. The van der Waals surface area contributed by atoms with Gasteiger partial charge in [-0.2, -0.15) is 0 Å². The fraction of sp³-hybridized carbons (Fsp3) is 0.400. The largest absolute Gasteiger partial charge is 0.396 e. The molecule has 0 aliphatic heterocycles. The highest BCUT2D eigenvalue weighted by atomic mass is 16.6. The van der Waals surface area contributed by atoms with Gasteiger partial charge in [-0.05, 0) is 12.0 Å². The molecule has 0 spiro atoms. The van der Waals surface area contributed by atoms with Gasteiger partial charge in [0.05, 0.1) is 4.92 Å². The number of aliphatic hydroxyl groups excluding tert-OH is 2. The maximum atomic E-state index is 10.7. The van der Waals surface area contributed by atoms with E-state index in [9.17, 15) is 10.1 Å². The number of rotatable bonds is 5. The van der Waals surface area contributed by atoms with Gasteiger partial charge in [-0.1, -0.05) is 12.1 Å². The van der Waals surface area contributed by atoms with Gasteiger partial charge < -0.3 is 10.2 Å². The number of nitrogens with two attached hydrogens (primary N) is 2. The summed E-state index contributed by atoms with van der Waals surface area (Å²) in [4.78, 5) is 10.2. The molecule has 17 heavy (non-hydrogen) atoms. The molecule has 0 saturated carbocycles. The van der Waals surface area contributed by atoms with Crippen LogP contribution in [0.25, 0.3) is 0 Å². The van der Waals surface area contributed by atoms with E-state index in [4.69, 9.17) is 10.2 Å². The van der Waals surface area contributed by atoms with E-state index in [1.807, 2.05) is 0 Å². The van der Waals surface area contributed by atoms with Crippen molar-refractivity contribution in [1.29, 1.82) is 0 Å². The van der Waals surface area contributed by atoms with Crippen LogP contribution < -0.4 is 11.7 Å². The highest BCUT2D eigenvalue weighted by Gasteiger charge is 2.13. The Morgan fingerprint density at radius 2 is 1.76 bits per heavy atom. The van der Waals surface area contributed by atoms with E-state index in [2.05, 4.69) is 11.7 Å². The summed E-state index contributed by atoms with van der Waals surface area (Å²) in [6.07, 6.45) is 0.677. The SMILES string of the molecule is NN.O=[N+]([O-])c1cc(CCO)ccc1CCO. The molecule has 96 valence electrons. The lowest BCUT2D eigenvalue weighted by atomic mass is 10.1. The molecule has 0 radical (unpaired) electrons. The van der Waals surface area contributed by atoms with Gasteiger partial charge in [-0.15, -0.1) is 0 Å². The number of nitro groups is 1. The van der Waals surface area contributed by atoms with Crippen LogP contribution in [-0.2, 0) is 12.8 Å². The van der Waals surface area contributed by atoms with Crippen LogP contribution in [0.5, 0.6) is 0 Å². The van der Waals surface area contributed by atoms with Crippen LogP contribution in [0.3, 0.4) is 0 Å². The molecule has 1 rings (SSSR count). The average molecular weight is 243 g/mol. The molecule has 0 bridgehead atoms. The molecule has 7 nitrogen and oxygen atoms in total. The van der Waals surface area contributed by atoms with Crippen molar-refractivity contribution in [1.82, 2.24) is 0 Å². The van der Waals surface area contributed by atoms with Crippen molar-refractivity contribution in [3.8, 4) is 0 Å². The minimum absolute atomic E-state index is 0.00926. The topological polar surface area (TPSA) is 136 Å². The van der Waals surface area contributed by atoms with E-state index in [-0.39, 0.29) is 25.3 Å². The third kappa shape index (κ3) is 4.87. The second-order valence-electron chi connectivity index (χ2n) is 3.17. The first kappa shape index (κ1) is 15.5. The molecule has 0 amide bonds. The van der Waals surface area contributed by atoms with Gasteiger partial charge in [0.2, 0.25) is 0 Å². The van der Waals surface area contributed by atoms with Crippen molar-refractivity contribution in [2.75, 3.05) is 13.2 Å². The molecule has 1 aromatic rings. The molecule has 0 heterocycles. The molecular formula is C10H17N3O4. The summed E-state index contributed by atoms with van der Waals surface area (Å²) in [7, 11) is 0. The summed E-state index contributed by atoms with van der Waals surface area (Å²) in [5.41, 5.74) is 1.25. The normalized spacial score (nSPS) is 9.41. The van der Waals surface area contributed by atoms with E-state index in [1.54, 1.807) is 12.1 Å². The molecule has 0 fully saturated rings. The number of benzene rings is 1. The minimum Gasteiger partial charge on any atom is -0.396 e. The smallest absolute Gasteiger partial charge is 0.272 e. The van der Waals surface area contributed by atoms with E-state index in [0.29, 0.717) is 12.0 Å². The Kier molecular flexibility index (Phi) is 7.82. The fourth-order valence-corrected chi connectivity index (χ4v) is 1.40. The van der Waals surface area contributed by atoms with Crippen LogP contribution >= 0.6 is 0 Å². The average Bonchev–Trinajstić information content (AvgIpc) is 2.34. The third-order valence-corrected chi connectivity index (χ3v) is 2.13. The number of hydrogen-bond acceptors (Lipinski definition) is 6. The molecule has 7 heteroatoms. The first-order valence-electron chi connectivity index (χ1n) is 5.00. The summed E-state index contributed by atoms with van der Waals surface area (Å²) in [5.74, 6) is 8.00. The van der Waals surface area contributed by atoms with Crippen LogP contribution in [0, 0.1) is 10.1 Å². The molecule has 0 aliphatic rings. The summed E-state index contributed by atoms with van der Waals surface area (Å²) in [6.45, 7) is -0.142. The number of hydrazine groups is 1. The van der Waals surface area contributed by atoms with Crippen molar-refractivity contribution in [3.05, 3.63) is 39.4 Å². The van der Waals surface area contributed by atoms with Crippen molar-refractivity contribution in [2.24, 2.45) is 11.7 Å². The Labute approximate surface area is 98.8 Å². The highest BCUT2D eigenvalue weighted by Crippen LogP contribution is 2.21. The second-order valence-corrected chi connectivity index (χ2v) is 3.17. The lowest BCUT2D eigenvalue weighted by molar-refractivity contribution is -0.385. The Bertz CT molecular complexity index is 357. The highest BCUT2D eigenvalue weighted by molar-refractivity contribution is 5.43. The van der Waals surface area contributed by atoms with Crippen molar-refractivity contribution < 1.29 is 15.1 Å². The monoisotopic (exact) mass is 243 g/mol. The predicted octanol–water partition coefficient (Wildman–Crippen LogP) is -0.517. The summed E-state index contributed by atoms with van der Waals surface area (Å²) in [5, 5.41) is 28.2. The Morgan fingerprint density at radius 3 is 2.24 bits per heavy atom. The number of nitrogens with zero attached hydrogens (tertiary/aromatic N) is 1. The van der Waals surface area contributed by atoms with E-state index in [1.165, 1.54) is 6.07 Å². The molecule has 6 N–H and O–H groups in total. The molecule has 0 atom stereocenters. The van der Waals surface area contributed by atoms with Crippen LogP contribution in [0.15, 0.2) is 18.2 Å². The van der Waals surface area contributed by atoms with E-state index in [0.717, 1.165) is 5.56 Å². The quantitative estimate of drug-likeness (QED) is 0.312. The Balaban J connectivity index is 0.00000121. The lowest BCUT2D eigenvalue weighted by Crippen LogP contribution is -2.02. The maximum Gasteiger partial charge on any atom is 0.272 e. The van der Waals surface area contributed by atoms with Gasteiger partial charge in [0.15, 0.2) is 0 Å². The van der Waals surface area contributed by atoms with Gasteiger partial charge in [0, 0.05) is 31.3 Å². The number of hydrogen-bond donors (Lipinski definition) is 4. The number of nitro benzene ring substituents is 1. The fourth-order valence-electron chi connectivity index (χ4n) is 1.40. The van der Waals surface area contributed by atoms with Gasteiger partial charge in [-0.3, -0.25) is 21.8 Å². The standard InChI is InChI=1S/C10H13NO4.H4N2/c12-5-3-8-1-2-9(4-6-13)10(7-8)11(14)15;1-2/h1-2,7,12-13H,3-6H2;1-2H2. The summed E-state index contributed by atoms with van der Waals surface area (Å²) < 4.78 is 0. The first-order valence-corrected chi connectivity index (χ1v) is 5.00. The number of aliphatic hydroxyl groups is 2. The van der Waals surface area contributed by atoms with Gasteiger partial charge in [-0.25, -0.2) is 0 Å². The minimum atomic E-state index is -0.466. The molecule has 1 aromatic carbocycles. The zero-order valence-corrected chi connectivity index (χ0v) is 9.37. The van der Waals surface area contributed by atoms with Crippen LogP contribution in [0.1, 0.15) is 11.1 Å².